The van der Waals surface area contributed by atoms with Gasteiger partial charge in [-0.25, -0.2) is 0 Å². The van der Waals surface area contributed by atoms with E-state index < -0.39 is 0 Å². The fraction of sp³-hybridized carbons (Fsp3) is 0.389. The lowest BCUT2D eigenvalue weighted by Crippen LogP contribution is -2.24. The highest BCUT2D eigenvalue weighted by Gasteiger charge is 2.18. The van der Waals surface area contributed by atoms with Gasteiger partial charge in [0.2, 0.25) is 5.91 Å². The number of nitrogens with one attached hydrogen (secondary N) is 1. The number of rotatable bonds is 5. The van der Waals surface area contributed by atoms with E-state index in [2.05, 4.69) is 15.3 Å². The maximum absolute atomic E-state index is 12.1. The molecule has 0 atom stereocenters. The molecule has 4 nitrogen and oxygen atoms in total. The maximum Gasteiger partial charge on any atom is 0.220 e. The Kier molecular flexibility index (Phi) is 4.78. The number of nitrogens with zero attached hydrogens (tertiary/aromatic N) is 2. The Labute approximate surface area is 131 Å². The first-order chi connectivity index (χ1) is 10.8. The van der Waals surface area contributed by atoms with Gasteiger partial charge in [-0.2, -0.15) is 0 Å². The van der Waals surface area contributed by atoms with Gasteiger partial charge in [-0.05, 0) is 42.5 Å². The number of amides is 1. The van der Waals surface area contributed by atoms with Crippen LogP contribution in [0.25, 0.3) is 11.3 Å². The molecule has 0 unspecified atom stereocenters. The molecule has 3 rings (SSSR count). The van der Waals surface area contributed by atoms with Crippen LogP contribution in [0.5, 0.6) is 0 Å². The molecule has 1 N–H and O–H groups in total. The van der Waals surface area contributed by atoms with Gasteiger partial charge in [0.15, 0.2) is 0 Å². The summed E-state index contributed by atoms with van der Waals surface area (Å²) >= 11 is 0. The number of hydrogen-bond donors (Lipinski definition) is 1. The van der Waals surface area contributed by atoms with Crippen LogP contribution in [0.15, 0.2) is 42.9 Å². The van der Waals surface area contributed by atoms with Gasteiger partial charge in [0.1, 0.15) is 0 Å². The fourth-order valence-corrected chi connectivity index (χ4v) is 3.09. The van der Waals surface area contributed by atoms with Crippen molar-refractivity contribution in [1.29, 1.82) is 0 Å². The Bertz CT molecular complexity index is 621. The molecular formula is C18H21N3O. The van der Waals surface area contributed by atoms with Crippen molar-refractivity contribution < 1.29 is 4.79 Å². The lowest BCUT2D eigenvalue weighted by molar-refractivity contribution is -0.122. The van der Waals surface area contributed by atoms with Crippen molar-refractivity contribution in [2.75, 3.05) is 0 Å². The molecule has 0 radical (unpaired) electrons. The molecule has 0 bridgehead atoms. The van der Waals surface area contributed by atoms with E-state index in [0.717, 1.165) is 16.8 Å². The Balaban J connectivity index is 1.64. The van der Waals surface area contributed by atoms with Crippen molar-refractivity contribution in [2.24, 2.45) is 5.92 Å². The van der Waals surface area contributed by atoms with Gasteiger partial charge in [-0.3, -0.25) is 14.8 Å². The molecular weight excluding hydrogens is 274 g/mol. The zero-order valence-corrected chi connectivity index (χ0v) is 12.7. The summed E-state index contributed by atoms with van der Waals surface area (Å²) in [5, 5.41) is 3.04. The highest BCUT2D eigenvalue weighted by atomic mass is 16.1. The first-order valence-corrected chi connectivity index (χ1v) is 7.94. The highest BCUT2D eigenvalue weighted by molar-refractivity contribution is 5.76. The number of carbonyl (C=O) groups is 1. The van der Waals surface area contributed by atoms with Crippen molar-refractivity contribution in [3.05, 3.63) is 48.4 Å². The van der Waals surface area contributed by atoms with Gasteiger partial charge in [0, 0.05) is 37.1 Å². The summed E-state index contributed by atoms with van der Waals surface area (Å²) in [4.78, 5) is 20.6. The first kappa shape index (κ1) is 14.7. The zero-order chi connectivity index (χ0) is 15.2. The third-order valence-electron chi connectivity index (χ3n) is 4.27. The quantitative estimate of drug-likeness (QED) is 0.920. The van der Waals surface area contributed by atoms with Gasteiger partial charge in [0.05, 0.1) is 5.69 Å². The average Bonchev–Trinajstić information content (AvgIpc) is 3.07. The molecule has 0 spiro atoms. The van der Waals surface area contributed by atoms with Gasteiger partial charge in [-0.15, -0.1) is 0 Å². The van der Waals surface area contributed by atoms with E-state index in [0.29, 0.717) is 18.9 Å². The minimum Gasteiger partial charge on any atom is -0.352 e. The Morgan fingerprint density at radius 3 is 2.68 bits per heavy atom. The summed E-state index contributed by atoms with van der Waals surface area (Å²) in [6.07, 6.45) is 10.9. The van der Waals surface area contributed by atoms with Crippen molar-refractivity contribution in [2.45, 2.75) is 38.6 Å². The monoisotopic (exact) mass is 295 g/mol. The van der Waals surface area contributed by atoms with E-state index in [9.17, 15) is 4.79 Å². The summed E-state index contributed by atoms with van der Waals surface area (Å²) in [5.41, 5.74) is 2.97. The molecule has 1 aliphatic carbocycles. The lowest BCUT2D eigenvalue weighted by atomic mass is 10.0. The Morgan fingerprint density at radius 1 is 1.14 bits per heavy atom. The zero-order valence-electron chi connectivity index (χ0n) is 12.7. The second-order valence-electron chi connectivity index (χ2n) is 5.88. The SMILES string of the molecule is O=C(CC1CCCC1)NCc1cccnc1-c1ccncc1. The van der Waals surface area contributed by atoms with Gasteiger partial charge in [0.25, 0.3) is 0 Å². The summed E-state index contributed by atoms with van der Waals surface area (Å²) in [5.74, 6) is 0.727. The van der Waals surface area contributed by atoms with Crippen molar-refractivity contribution in [3.8, 4) is 11.3 Å². The molecule has 2 aromatic rings. The molecule has 22 heavy (non-hydrogen) atoms. The average molecular weight is 295 g/mol. The second-order valence-corrected chi connectivity index (χ2v) is 5.88. The molecule has 1 fully saturated rings. The van der Waals surface area contributed by atoms with Crippen LogP contribution >= 0.6 is 0 Å². The van der Waals surface area contributed by atoms with Crippen molar-refractivity contribution in [1.82, 2.24) is 15.3 Å². The van der Waals surface area contributed by atoms with Crippen molar-refractivity contribution >= 4 is 5.91 Å². The van der Waals surface area contributed by atoms with E-state index in [1.54, 1.807) is 18.6 Å². The lowest BCUT2D eigenvalue weighted by Gasteiger charge is -2.12. The number of hydrogen-bond acceptors (Lipinski definition) is 3. The minimum absolute atomic E-state index is 0.149. The van der Waals surface area contributed by atoms with E-state index in [4.69, 9.17) is 0 Å². The van der Waals surface area contributed by atoms with Gasteiger partial charge >= 0.3 is 0 Å². The van der Waals surface area contributed by atoms with Crippen LogP contribution in [0.2, 0.25) is 0 Å². The van der Waals surface area contributed by atoms with E-state index >= 15 is 0 Å². The third-order valence-corrected chi connectivity index (χ3v) is 4.27. The molecule has 0 aromatic carbocycles. The molecule has 0 aliphatic heterocycles. The maximum atomic E-state index is 12.1. The third kappa shape index (κ3) is 3.70. The molecule has 0 saturated heterocycles. The molecule has 114 valence electrons. The van der Waals surface area contributed by atoms with Crippen LogP contribution < -0.4 is 5.32 Å². The molecule has 2 heterocycles. The standard InChI is InChI=1S/C18H21N3O/c22-17(12-14-4-1-2-5-14)21-13-16-6-3-9-20-18(16)15-7-10-19-11-8-15/h3,6-11,14H,1-2,4-5,12-13H2,(H,21,22). The fourth-order valence-electron chi connectivity index (χ4n) is 3.09. The van der Waals surface area contributed by atoms with Gasteiger partial charge in [-0.1, -0.05) is 18.9 Å². The summed E-state index contributed by atoms with van der Waals surface area (Å²) < 4.78 is 0. The number of carbonyl (C=O) groups excluding carboxylic acids is 1. The second kappa shape index (κ2) is 7.16. The Morgan fingerprint density at radius 2 is 1.91 bits per heavy atom. The molecule has 2 aromatic heterocycles. The van der Waals surface area contributed by atoms with Crippen LogP contribution in [-0.4, -0.2) is 15.9 Å². The smallest absolute Gasteiger partial charge is 0.220 e. The van der Waals surface area contributed by atoms with Gasteiger partial charge < -0.3 is 5.32 Å². The van der Waals surface area contributed by atoms with E-state index in [-0.39, 0.29) is 5.91 Å². The van der Waals surface area contributed by atoms with Crippen LogP contribution in [0, 0.1) is 5.92 Å². The molecule has 1 saturated carbocycles. The largest absolute Gasteiger partial charge is 0.352 e. The summed E-state index contributed by atoms with van der Waals surface area (Å²) in [6, 6.07) is 7.79. The Hall–Kier alpha value is -2.23. The predicted molar refractivity (Wildman–Crippen MR) is 85.9 cm³/mol. The molecule has 1 aliphatic rings. The van der Waals surface area contributed by atoms with Crippen molar-refractivity contribution in [3.63, 3.8) is 0 Å². The van der Waals surface area contributed by atoms with Crippen LogP contribution in [0.1, 0.15) is 37.7 Å². The minimum atomic E-state index is 0.149. The number of pyridine rings is 2. The number of aromatic nitrogens is 2. The van der Waals surface area contributed by atoms with Crippen LogP contribution in [0.3, 0.4) is 0 Å². The summed E-state index contributed by atoms with van der Waals surface area (Å²) in [6.45, 7) is 0.525. The van der Waals surface area contributed by atoms with Crippen LogP contribution in [0.4, 0.5) is 0 Å². The van der Waals surface area contributed by atoms with E-state index in [1.165, 1.54) is 25.7 Å². The molecule has 4 heteroatoms. The highest BCUT2D eigenvalue weighted by Crippen LogP contribution is 2.27. The summed E-state index contributed by atoms with van der Waals surface area (Å²) in [7, 11) is 0. The first-order valence-electron chi connectivity index (χ1n) is 7.94. The predicted octanol–water partition coefficient (Wildman–Crippen LogP) is 3.34. The molecule has 1 amide bonds. The normalized spacial score (nSPS) is 14.9. The van der Waals surface area contributed by atoms with Crippen LogP contribution in [-0.2, 0) is 11.3 Å². The van der Waals surface area contributed by atoms with E-state index in [1.807, 2.05) is 24.3 Å². The topological polar surface area (TPSA) is 54.9 Å².